The largest absolute Gasteiger partial charge is 0.481 e. The number of alkyl carbamates (subject to hydrolysis) is 1. The molecule has 0 bridgehead atoms. The minimum absolute atomic E-state index is 0.0304. The smallest absolute Gasteiger partial charge is 0.407 e. The van der Waals surface area contributed by atoms with Gasteiger partial charge in [-0.2, -0.15) is 0 Å². The number of carboxylic acids is 1. The van der Waals surface area contributed by atoms with Crippen LogP contribution in [0.15, 0.2) is 48.5 Å². The van der Waals surface area contributed by atoms with Crippen LogP contribution in [0.2, 0.25) is 0 Å². The molecule has 0 radical (unpaired) electrons. The van der Waals surface area contributed by atoms with Crippen LogP contribution < -0.4 is 11.1 Å². The summed E-state index contributed by atoms with van der Waals surface area (Å²) >= 11 is 0. The van der Waals surface area contributed by atoms with E-state index in [1.54, 1.807) is 0 Å². The average molecular weight is 394 g/mol. The van der Waals surface area contributed by atoms with Crippen molar-refractivity contribution < 1.29 is 19.4 Å². The van der Waals surface area contributed by atoms with Gasteiger partial charge in [-0.05, 0) is 47.9 Å². The molecule has 6 heteroatoms. The molecule has 2 aromatic rings. The Kier molecular flexibility index (Phi) is 5.28. The average Bonchev–Trinajstić information content (AvgIpc) is 2.99. The van der Waals surface area contributed by atoms with Gasteiger partial charge in [0.1, 0.15) is 6.61 Å². The maximum atomic E-state index is 12.6. The highest BCUT2D eigenvalue weighted by molar-refractivity contribution is 5.79. The third-order valence-corrected chi connectivity index (χ3v) is 6.08. The zero-order valence-corrected chi connectivity index (χ0v) is 16.3. The molecule has 2 aliphatic carbocycles. The molecule has 6 nitrogen and oxygen atoms in total. The van der Waals surface area contributed by atoms with Gasteiger partial charge in [0.15, 0.2) is 0 Å². The number of amides is 1. The molecular formula is C23H26N2O4. The van der Waals surface area contributed by atoms with E-state index in [0.29, 0.717) is 12.8 Å². The minimum Gasteiger partial charge on any atom is -0.481 e. The van der Waals surface area contributed by atoms with Gasteiger partial charge in [0.05, 0.1) is 12.0 Å². The summed E-state index contributed by atoms with van der Waals surface area (Å²) in [7, 11) is 0. The highest BCUT2D eigenvalue weighted by Gasteiger charge is 2.39. The zero-order chi connectivity index (χ0) is 20.4. The van der Waals surface area contributed by atoms with Crippen molar-refractivity contribution in [3.05, 3.63) is 59.7 Å². The standard InChI is InChI=1S/C23H26N2O4/c24-15-6-5-11-23(12-15,13-21(26)27)25-22(28)29-14-20-18-9-3-1-7-16(18)17-8-2-4-10-19(17)20/h1-4,7-10,15,20H,5-6,11-14,24H2,(H,25,28)(H,26,27). The van der Waals surface area contributed by atoms with E-state index in [2.05, 4.69) is 29.6 Å². The van der Waals surface area contributed by atoms with Crippen LogP contribution in [0.25, 0.3) is 11.1 Å². The highest BCUT2D eigenvalue weighted by Crippen LogP contribution is 2.44. The number of carbonyl (C=O) groups excluding carboxylic acids is 1. The van der Waals surface area contributed by atoms with Gasteiger partial charge in [0.2, 0.25) is 0 Å². The lowest BCUT2D eigenvalue weighted by Gasteiger charge is -2.39. The summed E-state index contributed by atoms with van der Waals surface area (Å²) in [5.74, 6) is -0.977. The first-order chi connectivity index (χ1) is 14.0. The predicted molar refractivity (Wildman–Crippen MR) is 110 cm³/mol. The van der Waals surface area contributed by atoms with Crippen LogP contribution in [0, 0.1) is 0 Å². The van der Waals surface area contributed by atoms with Crippen LogP contribution in [0.3, 0.4) is 0 Å². The number of nitrogens with two attached hydrogens (primary N) is 1. The number of hydrogen-bond acceptors (Lipinski definition) is 4. The van der Waals surface area contributed by atoms with Crippen molar-refractivity contribution in [3.63, 3.8) is 0 Å². The summed E-state index contributed by atoms with van der Waals surface area (Å²) in [5.41, 5.74) is 9.82. The fraction of sp³-hybridized carbons (Fsp3) is 0.391. The summed E-state index contributed by atoms with van der Waals surface area (Å²) in [6.45, 7) is 0.203. The molecule has 2 aliphatic rings. The first-order valence-corrected chi connectivity index (χ1v) is 10.1. The second-order valence-electron chi connectivity index (χ2n) is 8.16. The van der Waals surface area contributed by atoms with Crippen molar-refractivity contribution in [3.8, 4) is 11.1 Å². The normalized spacial score (nSPS) is 23.1. The maximum absolute atomic E-state index is 12.6. The number of rotatable bonds is 5. The zero-order valence-electron chi connectivity index (χ0n) is 16.3. The first-order valence-electron chi connectivity index (χ1n) is 10.1. The Bertz CT molecular complexity index is 883. The van der Waals surface area contributed by atoms with Gasteiger partial charge < -0.3 is 20.9 Å². The fourth-order valence-electron chi connectivity index (χ4n) is 4.87. The predicted octanol–water partition coefficient (Wildman–Crippen LogP) is 3.64. The van der Waals surface area contributed by atoms with E-state index in [-0.39, 0.29) is 25.0 Å². The summed E-state index contributed by atoms with van der Waals surface area (Å²) in [5, 5.41) is 12.2. The van der Waals surface area contributed by atoms with Crippen molar-refractivity contribution in [2.75, 3.05) is 6.61 Å². The number of aliphatic carboxylic acids is 1. The van der Waals surface area contributed by atoms with E-state index in [1.807, 2.05) is 24.3 Å². The lowest BCUT2D eigenvalue weighted by molar-refractivity contribution is -0.139. The fourth-order valence-corrected chi connectivity index (χ4v) is 4.87. The van der Waals surface area contributed by atoms with Gasteiger partial charge in [-0.3, -0.25) is 4.79 Å². The minimum atomic E-state index is -0.946. The molecule has 0 spiro atoms. The van der Waals surface area contributed by atoms with E-state index in [0.717, 1.165) is 35.1 Å². The molecule has 1 amide bonds. The van der Waals surface area contributed by atoms with Gasteiger partial charge >= 0.3 is 12.1 Å². The number of hydrogen-bond donors (Lipinski definition) is 3. The second kappa shape index (κ2) is 7.87. The van der Waals surface area contributed by atoms with E-state index in [4.69, 9.17) is 10.5 Å². The molecule has 152 valence electrons. The van der Waals surface area contributed by atoms with Crippen molar-refractivity contribution in [1.82, 2.24) is 5.32 Å². The highest BCUT2D eigenvalue weighted by atomic mass is 16.5. The molecular weight excluding hydrogens is 368 g/mol. The molecule has 0 aliphatic heterocycles. The lowest BCUT2D eigenvalue weighted by atomic mass is 9.77. The number of benzene rings is 2. The summed E-state index contributed by atoms with van der Waals surface area (Å²) < 4.78 is 5.60. The number of nitrogens with one attached hydrogen (secondary N) is 1. The number of fused-ring (bicyclic) bond motifs is 3. The number of ether oxygens (including phenoxy) is 1. The van der Waals surface area contributed by atoms with Crippen molar-refractivity contribution in [1.29, 1.82) is 0 Å². The molecule has 1 saturated carbocycles. The molecule has 1 fully saturated rings. The van der Waals surface area contributed by atoms with Crippen molar-refractivity contribution in [2.45, 2.75) is 49.6 Å². The lowest BCUT2D eigenvalue weighted by Crippen LogP contribution is -2.55. The Hall–Kier alpha value is -2.86. The SMILES string of the molecule is NC1CCCC(CC(=O)O)(NC(=O)OCC2c3ccccc3-c3ccccc32)C1. The second-order valence-corrected chi connectivity index (χ2v) is 8.16. The summed E-state index contributed by atoms with van der Waals surface area (Å²) in [4.78, 5) is 24.0. The van der Waals surface area contributed by atoms with Crippen LogP contribution >= 0.6 is 0 Å². The number of carbonyl (C=O) groups is 2. The van der Waals surface area contributed by atoms with E-state index < -0.39 is 17.6 Å². The molecule has 0 heterocycles. The molecule has 2 unspecified atom stereocenters. The maximum Gasteiger partial charge on any atom is 0.407 e. The van der Waals surface area contributed by atoms with Gasteiger partial charge in [-0.25, -0.2) is 4.79 Å². The molecule has 0 aromatic heterocycles. The summed E-state index contributed by atoms with van der Waals surface area (Å²) in [6.07, 6.45) is 1.94. The molecule has 0 saturated heterocycles. The Labute approximate surface area is 170 Å². The van der Waals surface area contributed by atoms with E-state index >= 15 is 0 Å². The molecule has 2 atom stereocenters. The third kappa shape index (κ3) is 3.98. The van der Waals surface area contributed by atoms with E-state index in [9.17, 15) is 14.7 Å². The number of carboxylic acid groups (broad SMARTS) is 1. The Balaban J connectivity index is 1.47. The molecule has 2 aromatic carbocycles. The van der Waals surface area contributed by atoms with Crippen LogP contribution in [-0.4, -0.2) is 35.4 Å². The van der Waals surface area contributed by atoms with Crippen molar-refractivity contribution >= 4 is 12.1 Å². The van der Waals surface area contributed by atoms with Crippen LogP contribution in [0.1, 0.15) is 49.1 Å². The topological polar surface area (TPSA) is 102 Å². The Morgan fingerprint density at radius 3 is 2.31 bits per heavy atom. The Morgan fingerprint density at radius 2 is 1.72 bits per heavy atom. The van der Waals surface area contributed by atoms with Gasteiger partial charge in [-0.15, -0.1) is 0 Å². The van der Waals surface area contributed by atoms with Crippen LogP contribution in [-0.2, 0) is 9.53 Å². The van der Waals surface area contributed by atoms with Crippen molar-refractivity contribution in [2.24, 2.45) is 5.73 Å². The third-order valence-electron chi connectivity index (χ3n) is 6.08. The summed E-state index contributed by atoms with van der Waals surface area (Å²) in [6, 6.07) is 16.2. The quantitative estimate of drug-likeness (QED) is 0.719. The molecule has 4 rings (SSSR count). The monoisotopic (exact) mass is 394 g/mol. The van der Waals surface area contributed by atoms with Gasteiger partial charge in [-0.1, -0.05) is 48.5 Å². The van der Waals surface area contributed by atoms with E-state index in [1.165, 1.54) is 0 Å². The van der Waals surface area contributed by atoms with Crippen LogP contribution in [0.4, 0.5) is 4.79 Å². The van der Waals surface area contributed by atoms with Gasteiger partial charge in [0.25, 0.3) is 0 Å². The van der Waals surface area contributed by atoms with Gasteiger partial charge in [0, 0.05) is 12.0 Å². The molecule has 4 N–H and O–H groups in total. The molecule has 29 heavy (non-hydrogen) atoms. The Morgan fingerprint density at radius 1 is 1.10 bits per heavy atom. The van der Waals surface area contributed by atoms with Crippen LogP contribution in [0.5, 0.6) is 0 Å². The first kappa shape index (κ1) is 19.5.